The maximum atomic E-state index is 12.5. The summed E-state index contributed by atoms with van der Waals surface area (Å²) in [6.07, 6.45) is 4.46. The van der Waals surface area contributed by atoms with Crippen LogP contribution in [0.5, 0.6) is 0 Å². The summed E-state index contributed by atoms with van der Waals surface area (Å²) < 4.78 is 17.4. The number of rotatable bonds is 7. The van der Waals surface area contributed by atoms with Gasteiger partial charge in [-0.05, 0) is 34.0 Å². The standard InChI is InChI=1S/C18H26O4S/c1-6-7-16(23(4,5)21)17(19)14-8-10-15(11-9-14)18(20)22-12-13(2)3/h8-11,13H,6-7,12H2,1-5H3. The first-order valence-corrected chi connectivity index (χ1v) is 10.2. The van der Waals surface area contributed by atoms with Crippen LogP contribution in [0.2, 0.25) is 0 Å². The monoisotopic (exact) mass is 338 g/mol. The molecule has 0 heterocycles. The Morgan fingerprint density at radius 2 is 1.61 bits per heavy atom. The smallest absolute Gasteiger partial charge is 0.338 e. The van der Waals surface area contributed by atoms with E-state index in [-0.39, 0.29) is 11.7 Å². The summed E-state index contributed by atoms with van der Waals surface area (Å²) in [6, 6.07) is 6.34. The van der Waals surface area contributed by atoms with Crippen LogP contribution in [-0.2, 0) is 14.3 Å². The zero-order valence-corrected chi connectivity index (χ0v) is 15.4. The zero-order chi connectivity index (χ0) is 17.6. The lowest BCUT2D eigenvalue weighted by molar-refractivity contribution is 0.0458. The van der Waals surface area contributed by atoms with Crippen molar-refractivity contribution in [2.24, 2.45) is 5.92 Å². The normalized spacial score (nSPS) is 11.4. The minimum atomic E-state index is -2.29. The number of ether oxygens (including phenoxy) is 1. The Morgan fingerprint density at radius 3 is 2.04 bits per heavy atom. The summed E-state index contributed by atoms with van der Waals surface area (Å²) in [5.74, 6) is -0.331. The number of benzene rings is 1. The molecule has 23 heavy (non-hydrogen) atoms. The molecule has 0 radical (unpaired) electrons. The fraction of sp³-hybridized carbons (Fsp3) is 0.500. The molecule has 4 nitrogen and oxygen atoms in total. The molecular formula is C18H26O4S. The third kappa shape index (κ3) is 5.82. The van der Waals surface area contributed by atoms with E-state index in [0.29, 0.717) is 29.0 Å². The molecule has 0 N–H and O–H groups in total. The number of carbonyl (C=O) groups is 2. The average Bonchev–Trinajstić information content (AvgIpc) is 2.48. The third-order valence-corrected chi connectivity index (χ3v) is 4.83. The van der Waals surface area contributed by atoms with Gasteiger partial charge < -0.3 is 4.74 Å². The number of carbonyl (C=O) groups excluding carboxylic acids is 2. The summed E-state index contributed by atoms with van der Waals surface area (Å²) in [4.78, 5) is 24.9. The van der Waals surface area contributed by atoms with Crippen LogP contribution in [0.3, 0.4) is 0 Å². The van der Waals surface area contributed by atoms with Gasteiger partial charge in [-0.2, -0.15) is 0 Å². The first kappa shape index (κ1) is 19.4. The van der Waals surface area contributed by atoms with Crippen LogP contribution in [0.1, 0.15) is 54.3 Å². The summed E-state index contributed by atoms with van der Waals surface area (Å²) in [5, 5.41) is 0. The summed E-state index contributed by atoms with van der Waals surface area (Å²) in [7, 11) is -2.29. The molecule has 0 aromatic heterocycles. The number of hydrogen-bond acceptors (Lipinski definition) is 4. The summed E-state index contributed by atoms with van der Waals surface area (Å²) >= 11 is 0. The molecule has 0 saturated heterocycles. The van der Waals surface area contributed by atoms with E-state index in [0.717, 1.165) is 6.42 Å². The molecule has 0 saturated carbocycles. The van der Waals surface area contributed by atoms with Crippen LogP contribution in [0.25, 0.3) is 0 Å². The minimum absolute atomic E-state index is 0.205. The SMILES string of the molecule is CCCC(C(=O)c1ccc(C(=O)OCC(C)C)cc1)=S(C)(C)=O. The maximum Gasteiger partial charge on any atom is 0.338 e. The highest BCUT2D eigenvalue weighted by molar-refractivity contribution is 8.02. The lowest BCUT2D eigenvalue weighted by Crippen LogP contribution is -2.22. The number of esters is 1. The van der Waals surface area contributed by atoms with E-state index < -0.39 is 15.5 Å². The van der Waals surface area contributed by atoms with E-state index in [4.69, 9.17) is 4.74 Å². The molecule has 0 unspecified atom stereocenters. The lowest BCUT2D eigenvalue weighted by atomic mass is 10.0. The number of Topliss-reactive ketones (excluding diaryl/α,β-unsaturated/α-hetero) is 1. The van der Waals surface area contributed by atoms with Crippen LogP contribution in [0, 0.1) is 5.92 Å². The van der Waals surface area contributed by atoms with Crippen LogP contribution in [0.4, 0.5) is 0 Å². The van der Waals surface area contributed by atoms with E-state index >= 15 is 0 Å². The summed E-state index contributed by atoms with van der Waals surface area (Å²) in [5.41, 5.74) is 0.859. The topological polar surface area (TPSA) is 60.4 Å². The van der Waals surface area contributed by atoms with E-state index in [2.05, 4.69) is 0 Å². The van der Waals surface area contributed by atoms with Gasteiger partial charge in [0.25, 0.3) is 0 Å². The van der Waals surface area contributed by atoms with Crippen LogP contribution < -0.4 is 0 Å². The zero-order valence-electron chi connectivity index (χ0n) is 14.5. The highest BCUT2D eigenvalue weighted by atomic mass is 32.2. The molecule has 1 aromatic carbocycles. The molecule has 1 rings (SSSR count). The highest BCUT2D eigenvalue weighted by Crippen LogP contribution is 2.11. The van der Waals surface area contributed by atoms with Gasteiger partial charge in [-0.15, -0.1) is 0 Å². The largest absolute Gasteiger partial charge is 0.462 e. The van der Waals surface area contributed by atoms with E-state index in [1.807, 2.05) is 20.8 Å². The second-order valence-corrected chi connectivity index (χ2v) is 9.26. The predicted octanol–water partition coefficient (Wildman–Crippen LogP) is 3.20. The lowest BCUT2D eigenvalue weighted by Gasteiger charge is -2.10. The highest BCUT2D eigenvalue weighted by Gasteiger charge is 2.17. The van der Waals surface area contributed by atoms with Gasteiger partial charge in [0, 0.05) is 18.1 Å². The molecule has 1 aromatic rings. The van der Waals surface area contributed by atoms with Crippen molar-refractivity contribution >= 4 is 26.1 Å². The molecule has 5 heteroatoms. The van der Waals surface area contributed by atoms with Crippen molar-refractivity contribution in [3.05, 3.63) is 35.4 Å². The molecule has 0 amide bonds. The van der Waals surface area contributed by atoms with Gasteiger partial charge in [-0.3, -0.25) is 9.00 Å². The van der Waals surface area contributed by atoms with Crippen molar-refractivity contribution in [1.29, 1.82) is 0 Å². The number of hydrogen-bond donors (Lipinski definition) is 0. The molecule has 0 aliphatic rings. The fourth-order valence-corrected chi connectivity index (χ4v) is 3.31. The Morgan fingerprint density at radius 1 is 1.09 bits per heavy atom. The molecule has 0 aliphatic heterocycles. The van der Waals surface area contributed by atoms with Crippen molar-refractivity contribution in [2.45, 2.75) is 33.6 Å². The van der Waals surface area contributed by atoms with Gasteiger partial charge >= 0.3 is 5.97 Å². The van der Waals surface area contributed by atoms with Crippen molar-refractivity contribution in [3.8, 4) is 0 Å². The maximum absolute atomic E-state index is 12.5. The third-order valence-electron chi connectivity index (χ3n) is 3.25. The first-order chi connectivity index (χ1) is 10.7. The Labute approximate surface area is 139 Å². The molecule has 0 fully saturated rings. The van der Waals surface area contributed by atoms with Crippen LogP contribution in [-0.4, -0.2) is 39.9 Å². The molecule has 128 valence electrons. The second-order valence-electron chi connectivity index (χ2n) is 6.31. The number of ketones is 1. The quantitative estimate of drug-likeness (QED) is 0.435. The van der Waals surface area contributed by atoms with Gasteiger partial charge in [0.05, 0.1) is 17.0 Å². The Kier molecular flexibility index (Phi) is 7.01. The Bertz CT molecular complexity index is 669. The molecule has 0 aliphatic carbocycles. The van der Waals surface area contributed by atoms with E-state index in [1.54, 1.807) is 36.8 Å². The van der Waals surface area contributed by atoms with Crippen LogP contribution in [0.15, 0.2) is 24.3 Å². The van der Waals surface area contributed by atoms with Gasteiger partial charge in [0.1, 0.15) is 0 Å². The minimum Gasteiger partial charge on any atom is -0.462 e. The van der Waals surface area contributed by atoms with Crippen LogP contribution >= 0.6 is 0 Å². The van der Waals surface area contributed by atoms with Crippen molar-refractivity contribution in [1.82, 2.24) is 0 Å². The average molecular weight is 338 g/mol. The van der Waals surface area contributed by atoms with Crippen molar-refractivity contribution in [2.75, 3.05) is 19.1 Å². The Hall–Kier alpha value is -1.62. The Balaban J connectivity index is 2.98. The van der Waals surface area contributed by atoms with E-state index in [9.17, 15) is 13.8 Å². The summed E-state index contributed by atoms with van der Waals surface area (Å²) in [6.45, 7) is 6.24. The van der Waals surface area contributed by atoms with Gasteiger partial charge in [-0.25, -0.2) is 4.79 Å². The van der Waals surface area contributed by atoms with Gasteiger partial charge in [0.2, 0.25) is 0 Å². The first-order valence-electron chi connectivity index (χ1n) is 7.78. The van der Waals surface area contributed by atoms with Gasteiger partial charge in [0.15, 0.2) is 5.78 Å². The molecule has 0 atom stereocenters. The van der Waals surface area contributed by atoms with Gasteiger partial charge in [-0.1, -0.05) is 39.3 Å². The predicted molar refractivity (Wildman–Crippen MR) is 95.8 cm³/mol. The molecular weight excluding hydrogens is 312 g/mol. The fourth-order valence-electron chi connectivity index (χ4n) is 2.05. The molecule has 0 bridgehead atoms. The molecule has 0 spiro atoms. The van der Waals surface area contributed by atoms with Crippen molar-refractivity contribution < 1.29 is 18.5 Å². The second kappa shape index (κ2) is 8.29. The van der Waals surface area contributed by atoms with Crippen molar-refractivity contribution in [3.63, 3.8) is 0 Å². The van der Waals surface area contributed by atoms with E-state index in [1.165, 1.54) is 0 Å².